The summed E-state index contributed by atoms with van der Waals surface area (Å²) in [6.07, 6.45) is 3.52. The molecule has 2 heterocycles. The molecule has 1 unspecified atom stereocenters. The number of carbonyl (C=O) groups excluding carboxylic acids is 1. The molecule has 1 aliphatic heterocycles. The van der Waals surface area contributed by atoms with Crippen molar-refractivity contribution in [1.82, 2.24) is 4.90 Å². The molecule has 1 amide bonds. The number of hydrogen-bond acceptors (Lipinski definition) is 2. The van der Waals surface area contributed by atoms with Crippen LogP contribution in [0, 0.1) is 0 Å². The zero-order valence-corrected chi connectivity index (χ0v) is 11.1. The largest absolute Gasteiger partial charge is 0.335 e. The smallest absolute Gasteiger partial charge is 0.265 e. The fourth-order valence-electron chi connectivity index (χ4n) is 1.98. The predicted octanol–water partition coefficient (Wildman–Crippen LogP) is 3.53. The summed E-state index contributed by atoms with van der Waals surface area (Å²) in [4.78, 5) is 15.0. The Morgan fingerprint density at radius 3 is 3.00 bits per heavy atom. The van der Waals surface area contributed by atoms with Gasteiger partial charge < -0.3 is 4.90 Å². The van der Waals surface area contributed by atoms with E-state index in [0.29, 0.717) is 6.04 Å². The molecule has 0 aromatic carbocycles. The SMILES string of the molecule is CC1CCCCN1C(=O)c1sccc1Br. The highest BCUT2D eigenvalue weighted by Crippen LogP contribution is 2.27. The maximum atomic E-state index is 12.2. The number of rotatable bonds is 1. The van der Waals surface area contributed by atoms with E-state index in [-0.39, 0.29) is 5.91 Å². The van der Waals surface area contributed by atoms with Crippen LogP contribution in [0.3, 0.4) is 0 Å². The van der Waals surface area contributed by atoms with Gasteiger partial charge in [0.1, 0.15) is 4.88 Å². The number of piperidine rings is 1. The highest BCUT2D eigenvalue weighted by atomic mass is 79.9. The normalized spacial score (nSPS) is 21.7. The van der Waals surface area contributed by atoms with Gasteiger partial charge in [-0.2, -0.15) is 0 Å². The molecule has 0 aliphatic carbocycles. The molecule has 0 radical (unpaired) electrons. The minimum atomic E-state index is 0.184. The first-order valence-electron chi connectivity index (χ1n) is 5.24. The van der Waals surface area contributed by atoms with Crippen molar-refractivity contribution in [3.8, 4) is 0 Å². The molecule has 1 fully saturated rings. The third-order valence-electron chi connectivity index (χ3n) is 2.88. The van der Waals surface area contributed by atoms with Crippen LogP contribution in [0.2, 0.25) is 0 Å². The quantitative estimate of drug-likeness (QED) is 0.774. The molecule has 82 valence electrons. The van der Waals surface area contributed by atoms with Gasteiger partial charge in [-0.25, -0.2) is 0 Å². The predicted molar refractivity (Wildman–Crippen MR) is 66.4 cm³/mol. The summed E-state index contributed by atoms with van der Waals surface area (Å²) < 4.78 is 0.926. The van der Waals surface area contributed by atoms with E-state index in [1.165, 1.54) is 17.8 Å². The summed E-state index contributed by atoms with van der Waals surface area (Å²) in [5.74, 6) is 0.184. The Morgan fingerprint density at radius 1 is 1.60 bits per heavy atom. The third kappa shape index (κ3) is 2.26. The van der Waals surface area contributed by atoms with E-state index >= 15 is 0 Å². The molecule has 2 rings (SSSR count). The average Bonchev–Trinajstić information content (AvgIpc) is 2.64. The number of thiophene rings is 1. The minimum Gasteiger partial charge on any atom is -0.335 e. The van der Waals surface area contributed by atoms with Crippen molar-refractivity contribution in [3.05, 3.63) is 20.8 Å². The second-order valence-corrected chi connectivity index (χ2v) is 5.71. The molecule has 0 saturated carbocycles. The Kier molecular flexibility index (Phi) is 3.46. The molecule has 0 bridgehead atoms. The van der Waals surface area contributed by atoms with E-state index in [9.17, 15) is 4.79 Å². The van der Waals surface area contributed by atoms with Crippen LogP contribution in [0.1, 0.15) is 35.9 Å². The molecular weight excluding hydrogens is 274 g/mol. The monoisotopic (exact) mass is 287 g/mol. The van der Waals surface area contributed by atoms with E-state index < -0.39 is 0 Å². The summed E-state index contributed by atoms with van der Waals surface area (Å²) in [7, 11) is 0. The number of nitrogens with zero attached hydrogens (tertiary/aromatic N) is 1. The van der Waals surface area contributed by atoms with Crippen molar-refractivity contribution in [1.29, 1.82) is 0 Å². The van der Waals surface area contributed by atoms with Gasteiger partial charge in [-0.3, -0.25) is 4.79 Å². The van der Waals surface area contributed by atoms with Gasteiger partial charge in [0.05, 0.1) is 0 Å². The lowest BCUT2D eigenvalue weighted by Crippen LogP contribution is -2.41. The molecular formula is C11H14BrNOS. The van der Waals surface area contributed by atoms with Crippen molar-refractivity contribution in [2.75, 3.05) is 6.54 Å². The lowest BCUT2D eigenvalue weighted by atomic mass is 10.0. The number of hydrogen-bond donors (Lipinski definition) is 0. The molecule has 1 aromatic rings. The molecule has 1 saturated heterocycles. The van der Waals surface area contributed by atoms with E-state index in [0.717, 1.165) is 28.7 Å². The first-order valence-corrected chi connectivity index (χ1v) is 6.91. The van der Waals surface area contributed by atoms with Gasteiger partial charge in [-0.05, 0) is 53.6 Å². The van der Waals surface area contributed by atoms with Crippen molar-refractivity contribution in [3.63, 3.8) is 0 Å². The summed E-state index contributed by atoms with van der Waals surface area (Å²) >= 11 is 4.93. The van der Waals surface area contributed by atoms with Gasteiger partial charge in [0.2, 0.25) is 0 Å². The highest BCUT2D eigenvalue weighted by molar-refractivity contribution is 9.10. The van der Waals surface area contributed by atoms with Crippen LogP contribution in [-0.4, -0.2) is 23.4 Å². The first kappa shape index (κ1) is 11.1. The average molecular weight is 288 g/mol. The van der Waals surface area contributed by atoms with Crippen LogP contribution < -0.4 is 0 Å². The zero-order valence-electron chi connectivity index (χ0n) is 8.70. The maximum Gasteiger partial charge on any atom is 0.265 e. The Morgan fingerprint density at radius 2 is 2.40 bits per heavy atom. The van der Waals surface area contributed by atoms with E-state index in [1.54, 1.807) is 0 Å². The topological polar surface area (TPSA) is 20.3 Å². The van der Waals surface area contributed by atoms with Crippen LogP contribution in [-0.2, 0) is 0 Å². The first-order chi connectivity index (χ1) is 7.20. The minimum absolute atomic E-state index is 0.184. The highest BCUT2D eigenvalue weighted by Gasteiger charge is 2.25. The molecule has 0 spiro atoms. The van der Waals surface area contributed by atoms with Gasteiger partial charge in [0.25, 0.3) is 5.91 Å². The summed E-state index contributed by atoms with van der Waals surface area (Å²) in [6, 6.07) is 2.33. The van der Waals surface area contributed by atoms with Gasteiger partial charge in [0, 0.05) is 17.1 Å². The molecule has 1 aliphatic rings. The van der Waals surface area contributed by atoms with Crippen molar-refractivity contribution in [2.45, 2.75) is 32.2 Å². The van der Waals surface area contributed by atoms with Gasteiger partial charge >= 0.3 is 0 Å². The Bertz CT molecular complexity index is 363. The van der Waals surface area contributed by atoms with Crippen molar-refractivity contribution in [2.24, 2.45) is 0 Å². The number of halogens is 1. The molecule has 2 nitrogen and oxygen atoms in total. The standard InChI is InChI=1S/C11H14BrNOS/c1-8-4-2-3-6-13(8)11(14)10-9(12)5-7-15-10/h5,7-8H,2-4,6H2,1H3. The lowest BCUT2D eigenvalue weighted by Gasteiger charge is -2.33. The molecule has 15 heavy (non-hydrogen) atoms. The third-order valence-corrected chi connectivity index (χ3v) is 4.70. The molecule has 4 heteroatoms. The van der Waals surface area contributed by atoms with Crippen molar-refractivity contribution >= 4 is 33.2 Å². The second kappa shape index (κ2) is 4.66. The summed E-state index contributed by atoms with van der Waals surface area (Å²) in [5, 5.41) is 1.95. The molecule has 1 atom stereocenters. The summed E-state index contributed by atoms with van der Waals surface area (Å²) in [5.41, 5.74) is 0. The van der Waals surface area contributed by atoms with Crippen LogP contribution in [0.15, 0.2) is 15.9 Å². The lowest BCUT2D eigenvalue weighted by molar-refractivity contribution is 0.0640. The van der Waals surface area contributed by atoms with Crippen molar-refractivity contribution < 1.29 is 4.79 Å². The maximum absolute atomic E-state index is 12.2. The van der Waals surface area contributed by atoms with Crippen LogP contribution >= 0.6 is 27.3 Å². The van der Waals surface area contributed by atoms with Gasteiger partial charge in [-0.1, -0.05) is 0 Å². The Balaban J connectivity index is 2.17. The molecule has 1 aromatic heterocycles. The second-order valence-electron chi connectivity index (χ2n) is 3.94. The van der Waals surface area contributed by atoms with E-state index in [2.05, 4.69) is 22.9 Å². The number of carbonyl (C=O) groups is 1. The number of likely N-dealkylation sites (tertiary alicyclic amines) is 1. The Hall–Kier alpha value is -0.350. The number of amides is 1. The van der Waals surface area contributed by atoms with Gasteiger partial charge in [0.15, 0.2) is 0 Å². The molecule has 0 N–H and O–H groups in total. The fourth-order valence-corrected chi connectivity index (χ4v) is 3.47. The van der Waals surface area contributed by atoms with Crippen LogP contribution in [0.25, 0.3) is 0 Å². The van der Waals surface area contributed by atoms with Crippen LogP contribution in [0.5, 0.6) is 0 Å². The summed E-state index contributed by atoms with van der Waals surface area (Å²) in [6.45, 7) is 3.04. The van der Waals surface area contributed by atoms with Crippen LogP contribution in [0.4, 0.5) is 0 Å². The van der Waals surface area contributed by atoms with E-state index in [4.69, 9.17) is 0 Å². The fraction of sp³-hybridized carbons (Fsp3) is 0.545. The zero-order chi connectivity index (χ0) is 10.8. The van der Waals surface area contributed by atoms with Gasteiger partial charge in [-0.15, -0.1) is 11.3 Å². The van der Waals surface area contributed by atoms with E-state index in [1.807, 2.05) is 16.3 Å². The Labute approximate surface area is 102 Å².